The van der Waals surface area contributed by atoms with E-state index in [4.69, 9.17) is 4.74 Å². The Balaban J connectivity index is 1.95. The Labute approximate surface area is 132 Å². The van der Waals surface area contributed by atoms with Crippen LogP contribution < -0.4 is 4.74 Å². The molecule has 2 aromatic rings. The van der Waals surface area contributed by atoms with Crippen LogP contribution in [0.4, 0.5) is 5.69 Å². The summed E-state index contributed by atoms with van der Waals surface area (Å²) in [6.07, 6.45) is 0. The molecule has 6 nitrogen and oxygen atoms in total. The van der Waals surface area contributed by atoms with Crippen LogP contribution in [-0.4, -0.2) is 29.4 Å². The number of ether oxygens (including phenoxy) is 1. The molecule has 0 saturated carbocycles. The summed E-state index contributed by atoms with van der Waals surface area (Å²) in [5.74, 6) is -0.132. The van der Waals surface area contributed by atoms with Gasteiger partial charge in [-0.25, -0.2) is 0 Å². The van der Waals surface area contributed by atoms with Crippen LogP contribution in [0, 0.1) is 17.0 Å². The molecule has 1 heterocycles. The van der Waals surface area contributed by atoms with Gasteiger partial charge in [-0.3, -0.25) is 14.9 Å². The van der Waals surface area contributed by atoms with Crippen molar-refractivity contribution in [1.29, 1.82) is 0 Å². The number of aryl methyl sites for hydroxylation is 1. The molecule has 0 bridgehead atoms. The number of para-hydroxylation sites is 2. The van der Waals surface area contributed by atoms with E-state index in [1.165, 1.54) is 12.1 Å². The molecule has 0 fully saturated rings. The van der Waals surface area contributed by atoms with E-state index in [-0.39, 0.29) is 24.0 Å². The molecule has 2 rings (SSSR count). The number of nitro benzene ring substituents is 1. The number of carbonyl (C=O) groups is 1. The fourth-order valence-electron chi connectivity index (χ4n) is 1.85. The Bertz CT molecular complexity index is 684. The highest BCUT2D eigenvalue weighted by atomic mass is 32.1. The Hall–Kier alpha value is -2.41. The second kappa shape index (κ2) is 7.04. The van der Waals surface area contributed by atoms with Crippen molar-refractivity contribution >= 4 is 22.9 Å². The molecular formula is C15H16N2O4S. The molecule has 0 aliphatic rings. The van der Waals surface area contributed by atoms with Gasteiger partial charge in [-0.2, -0.15) is 0 Å². The quantitative estimate of drug-likeness (QED) is 0.606. The maximum atomic E-state index is 12.1. The summed E-state index contributed by atoms with van der Waals surface area (Å²) in [4.78, 5) is 25.1. The zero-order valence-electron chi connectivity index (χ0n) is 12.3. The summed E-state index contributed by atoms with van der Waals surface area (Å²) < 4.78 is 5.30. The zero-order chi connectivity index (χ0) is 16.1. The van der Waals surface area contributed by atoms with E-state index >= 15 is 0 Å². The number of nitro groups is 1. The monoisotopic (exact) mass is 320 g/mol. The van der Waals surface area contributed by atoms with Crippen molar-refractivity contribution in [3.63, 3.8) is 0 Å². The normalized spacial score (nSPS) is 10.3. The molecule has 0 N–H and O–H groups in total. The van der Waals surface area contributed by atoms with E-state index in [1.54, 1.807) is 35.4 Å². The van der Waals surface area contributed by atoms with Crippen molar-refractivity contribution in [3.8, 4) is 5.75 Å². The molecule has 1 aromatic heterocycles. The lowest BCUT2D eigenvalue weighted by atomic mass is 10.3. The predicted octanol–water partition coefficient (Wildman–Crippen LogP) is 3.00. The summed E-state index contributed by atoms with van der Waals surface area (Å²) in [7, 11) is 1.68. The molecule has 0 spiro atoms. The number of amides is 1. The van der Waals surface area contributed by atoms with E-state index in [0.717, 1.165) is 10.4 Å². The minimum absolute atomic E-state index is 0.0987. The maximum absolute atomic E-state index is 12.1. The minimum atomic E-state index is -0.529. The van der Waals surface area contributed by atoms with Gasteiger partial charge < -0.3 is 9.64 Å². The number of hydrogen-bond donors (Lipinski definition) is 0. The number of likely N-dealkylation sites (N-methyl/N-ethyl adjacent to an activating group) is 1. The smallest absolute Gasteiger partial charge is 0.310 e. The molecule has 0 aliphatic heterocycles. The Morgan fingerprint density at radius 1 is 1.36 bits per heavy atom. The number of hydrogen-bond acceptors (Lipinski definition) is 5. The molecule has 1 aromatic carbocycles. The van der Waals surface area contributed by atoms with Gasteiger partial charge in [0.2, 0.25) is 0 Å². The van der Waals surface area contributed by atoms with Crippen molar-refractivity contribution in [1.82, 2.24) is 4.90 Å². The first-order valence-corrected chi connectivity index (χ1v) is 7.50. The summed E-state index contributed by atoms with van der Waals surface area (Å²) in [5, 5.41) is 12.9. The van der Waals surface area contributed by atoms with Crippen LogP contribution in [0.3, 0.4) is 0 Å². The fourth-order valence-corrected chi connectivity index (χ4v) is 2.81. The summed E-state index contributed by atoms with van der Waals surface area (Å²) in [5.41, 5.74) is 0.997. The second-order valence-electron chi connectivity index (χ2n) is 4.79. The van der Waals surface area contributed by atoms with Crippen molar-refractivity contribution in [3.05, 3.63) is 56.3 Å². The van der Waals surface area contributed by atoms with Crippen molar-refractivity contribution in [2.24, 2.45) is 0 Å². The van der Waals surface area contributed by atoms with Gasteiger partial charge in [0.25, 0.3) is 5.91 Å². The zero-order valence-corrected chi connectivity index (χ0v) is 13.1. The highest BCUT2D eigenvalue weighted by molar-refractivity contribution is 7.10. The van der Waals surface area contributed by atoms with Crippen LogP contribution in [0.1, 0.15) is 10.4 Å². The van der Waals surface area contributed by atoms with Gasteiger partial charge in [0.1, 0.15) is 0 Å². The predicted molar refractivity (Wildman–Crippen MR) is 84.1 cm³/mol. The van der Waals surface area contributed by atoms with Crippen LogP contribution in [0.5, 0.6) is 5.75 Å². The topological polar surface area (TPSA) is 72.7 Å². The molecule has 1 amide bonds. The number of thiophene rings is 1. The number of rotatable bonds is 6. The van der Waals surface area contributed by atoms with Gasteiger partial charge in [0.05, 0.1) is 11.5 Å². The van der Waals surface area contributed by atoms with Crippen LogP contribution >= 0.6 is 11.3 Å². The highest BCUT2D eigenvalue weighted by Gasteiger charge is 2.17. The minimum Gasteiger partial charge on any atom is -0.477 e. The summed E-state index contributed by atoms with van der Waals surface area (Å²) >= 11 is 1.59. The molecule has 22 heavy (non-hydrogen) atoms. The third-order valence-electron chi connectivity index (χ3n) is 3.19. The molecule has 0 saturated heterocycles. The largest absolute Gasteiger partial charge is 0.477 e. The van der Waals surface area contributed by atoms with Crippen LogP contribution in [0.15, 0.2) is 35.7 Å². The average Bonchev–Trinajstić information content (AvgIpc) is 2.90. The lowest BCUT2D eigenvalue weighted by Crippen LogP contribution is -2.30. The SMILES string of the molecule is Cc1ccsc1CN(C)C(=O)COc1ccccc1[N+](=O)[O-]. The Morgan fingerprint density at radius 3 is 2.73 bits per heavy atom. The van der Waals surface area contributed by atoms with Gasteiger partial charge in [-0.15, -0.1) is 11.3 Å². The van der Waals surface area contributed by atoms with Gasteiger partial charge >= 0.3 is 5.69 Å². The van der Waals surface area contributed by atoms with Crippen molar-refractivity contribution in [2.75, 3.05) is 13.7 Å². The third kappa shape index (κ3) is 3.82. The Kier molecular flexibility index (Phi) is 5.11. The van der Waals surface area contributed by atoms with E-state index in [9.17, 15) is 14.9 Å². The fraction of sp³-hybridized carbons (Fsp3) is 0.267. The van der Waals surface area contributed by atoms with Gasteiger partial charge in [-0.1, -0.05) is 12.1 Å². The number of benzene rings is 1. The standard InChI is InChI=1S/C15H16N2O4S/c1-11-7-8-22-14(11)9-16(2)15(18)10-21-13-6-4-3-5-12(13)17(19)20/h3-8H,9-10H2,1-2H3. The number of nitrogens with zero attached hydrogens (tertiary/aromatic N) is 2. The first-order chi connectivity index (χ1) is 10.5. The average molecular weight is 320 g/mol. The first-order valence-electron chi connectivity index (χ1n) is 6.62. The lowest BCUT2D eigenvalue weighted by molar-refractivity contribution is -0.385. The molecule has 0 atom stereocenters. The van der Waals surface area contributed by atoms with Gasteiger partial charge in [0, 0.05) is 18.0 Å². The van der Waals surface area contributed by atoms with E-state index in [0.29, 0.717) is 6.54 Å². The second-order valence-corrected chi connectivity index (χ2v) is 5.79. The molecule has 116 valence electrons. The van der Waals surface area contributed by atoms with E-state index in [1.807, 2.05) is 18.4 Å². The van der Waals surface area contributed by atoms with Crippen LogP contribution in [0.2, 0.25) is 0 Å². The van der Waals surface area contributed by atoms with Crippen molar-refractivity contribution < 1.29 is 14.5 Å². The van der Waals surface area contributed by atoms with Gasteiger partial charge in [-0.05, 0) is 30.0 Å². The maximum Gasteiger partial charge on any atom is 0.310 e. The van der Waals surface area contributed by atoms with Crippen LogP contribution in [0.25, 0.3) is 0 Å². The molecule has 0 unspecified atom stereocenters. The molecule has 0 radical (unpaired) electrons. The summed E-state index contributed by atoms with van der Waals surface area (Å²) in [6.45, 7) is 2.27. The lowest BCUT2D eigenvalue weighted by Gasteiger charge is -2.17. The van der Waals surface area contributed by atoms with Gasteiger partial charge in [0.15, 0.2) is 12.4 Å². The first kappa shape index (κ1) is 16.0. The summed E-state index contributed by atoms with van der Waals surface area (Å²) in [6, 6.07) is 8.01. The number of carbonyl (C=O) groups excluding carboxylic acids is 1. The molecule has 7 heteroatoms. The van der Waals surface area contributed by atoms with Crippen molar-refractivity contribution in [2.45, 2.75) is 13.5 Å². The van der Waals surface area contributed by atoms with E-state index < -0.39 is 4.92 Å². The highest BCUT2D eigenvalue weighted by Crippen LogP contribution is 2.25. The van der Waals surface area contributed by atoms with Crippen LogP contribution in [-0.2, 0) is 11.3 Å². The molecule has 0 aliphatic carbocycles. The third-order valence-corrected chi connectivity index (χ3v) is 4.20. The molecular weight excluding hydrogens is 304 g/mol. The van der Waals surface area contributed by atoms with E-state index in [2.05, 4.69) is 0 Å². The Morgan fingerprint density at radius 2 is 2.09 bits per heavy atom.